The van der Waals surface area contributed by atoms with Crippen LogP contribution in [0.2, 0.25) is 5.02 Å². The normalized spacial score (nSPS) is 10.9. The molecule has 2 nitrogen and oxygen atoms in total. The summed E-state index contributed by atoms with van der Waals surface area (Å²) in [6.07, 6.45) is 3.99. The lowest BCUT2D eigenvalue weighted by atomic mass is 10.1. The molecule has 0 spiro atoms. The summed E-state index contributed by atoms with van der Waals surface area (Å²) in [4.78, 5) is 4.34. The molecule has 0 saturated carbocycles. The summed E-state index contributed by atoms with van der Waals surface area (Å²) in [5.74, 6) is 0.487. The fourth-order valence-corrected chi connectivity index (χ4v) is 2.79. The molecule has 0 unspecified atom stereocenters. The fourth-order valence-electron chi connectivity index (χ4n) is 2.30. The van der Waals surface area contributed by atoms with Crippen LogP contribution in [-0.4, -0.2) is 9.55 Å². The van der Waals surface area contributed by atoms with Gasteiger partial charge in [0.15, 0.2) is 0 Å². The zero-order valence-electron chi connectivity index (χ0n) is 11.6. The highest BCUT2D eigenvalue weighted by Gasteiger charge is 2.11. The first-order valence-corrected chi connectivity index (χ1v) is 7.98. The van der Waals surface area contributed by atoms with Crippen LogP contribution in [0.1, 0.15) is 17.0 Å². The van der Waals surface area contributed by atoms with Gasteiger partial charge in [-0.3, -0.25) is 0 Å². The molecule has 22 heavy (non-hydrogen) atoms. The van der Waals surface area contributed by atoms with Crippen molar-refractivity contribution in [3.63, 3.8) is 0 Å². The molecule has 0 N–H and O–H groups in total. The second-order valence-corrected chi connectivity index (χ2v) is 6.30. The third-order valence-corrected chi connectivity index (χ3v) is 4.35. The van der Waals surface area contributed by atoms with Crippen molar-refractivity contribution in [3.05, 3.63) is 87.1 Å². The average molecular weight is 380 g/mol. The van der Waals surface area contributed by atoms with Crippen LogP contribution in [0.4, 0.5) is 4.39 Å². The maximum Gasteiger partial charge on any atom is 0.128 e. The molecule has 0 fully saturated rings. The predicted molar refractivity (Wildman–Crippen MR) is 89.7 cm³/mol. The monoisotopic (exact) mass is 378 g/mol. The van der Waals surface area contributed by atoms with Gasteiger partial charge in [0.2, 0.25) is 0 Å². The van der Waals surface area contributed by atoms with Gasteiger partial charge in [-0.1, -0.05) is 45.7 Å². The Morgan fingerprint density at radius 1 is 1.14 bits per heavy atom. The van der Waals surface area contributed by atoms with Crippen LogP contribution in [0.15, 0.2) is 59.3 Å². The van der Waals surface area contributed by atoms with Gasteiger partial charge in [-0.25, -0.2) is 9.37 Å². The van der Waals surface area contributed by atoms with Crippen LogP contribution in [0.25, 0.3) is 0 Å². The summed E-state index contributed by atoms with van der Waals surface area (Å²) in [7, 11) is 0. The Bertz CT molecular complexity index is 763. The van der Waals surface area contributed by atoms with Gasteiger partial charge in [-0.2, -0.15) is 0 Å². The SMILES string of the molecule is Fc1cccc(Cl)c1Cc1nccn1Cc1ccc(Br)cc1. The lowest BCUT2D eigenvalue weighted by Crippen LogP contribution is -2.06. The van der Waals surface area contributed by atoms with Crippen LogP contribution < -0.4 is 0 Å². The molecule has 0 saturated heterocycles. The number of halogens is 3. The van der Waals surface area contributed by atoms with E-state index in [4.69, 9.17) is 11.6 Å². The molecule has 3 aromatic rings. The fraction of sp³-hybridized carbons (Fsp3) is 0.118. The zero-order chi connectivity index (χ0) is 15.5. The van der Waals surface area contributed by atoms with E-state index in [2.05, 4.69) is 20.9 Å². The minimum atomic E-state index is -0.300. The van der Waals surface area contributed by atoms with E-state index < -0.39 is 0 Å². The predicted octanol–water partition coefficient (Wildman–Crippen LogP) is 5.08. The summed E-state index contributed by atoms with van der Waals surface area (Å²) < 4.78 is 17.0. The van der Waals surface area contributed by atoms with E-state index in [9.17, 15) is 4.39 Å². The van der Waals surface area contributed by atoms with E-state index in [1.165, 1.54) is 6.07 Å². The summed E-state index contributed by atoms with van der Waals surface area (Å²) in [5.41, 5.74) is 1.63. The molecule has 1 aromatic heterocycles. The lowest BCUT2D eigenvalue weighted by molar-refractivity contribution is 0.609. The smallest absolute Gasteiger partial charge is 0.128 e. The van der Waals surface area contributed by atoms with Gasteiger partial charge in [0.1, 0.15) is 11.6 Å². The minimum absolute atomic E-state index is 0.300. The summed E-state index contributed by atoms with van der Waals surface area (Å²) in [5, 5.41) is 0.429. The second kappa shape index (κ2) is 6.63. The molecule has 0 aliphatic carbocycles. The van der Waals surface area contributed by atoms with Gasteiger partial charge in [0.25, 0.3) is 0 Å². The number of nitrogens with zero attached hydrogens (tertiary/aromatic N) is 2. The van der Waals surface area contributed by atoms with Crippen molar-refractivity contribution >= 4 is 27.5 Å². The van der Waals surface area contributed by atoms with Crippen molar-refractivity contribution in [2.45, 2.75) is 13.0 Å². The summed E-state index contributed by atoms with van der Waals surface area (Å²) >= 11 is 9.52. The van der Waals surface area contributed by atoms with Gasteiger partial charge in [0.05, 0.1) is 0 Å². The van der Waals surface area contributed by atoms with E-state index >= 15 is 0 Å². The lowest BCUT2D eigenvalue weighted by Gasteiger charge is -2.10. The molecule has 1 heterocycles. The maximum atomic E-state index is 13.9. The first-order valence-electron chi connectivity index (χ1n) is 6.81. The molecule has 3 rings (SSSR count). The number of aromatic nitrogens is 2. The van der Waals surface area contributed by atoms with E-state index in [0.29, 0.717) is 23.6 Å². The Hall–Kier alpha value is -1.65. The molecule has 0 aliphatic heterocycles. The van der Waals surface area contributed by atoms with E-state index in [1.807, 2.05) is 35.0 Å². The first kappa shape index (κ1) is 15.3. The third-order valence-electron chi connectivity index (χ3n) is 3.46. The highest BCUT2D eigenvalue weighted by Crippen LogP contribution is 2.22. The minimum Gasteiger partial charge on any atom is -0.330 e. The maximum absolute atomic E-state index is 13.9. The van der Waals surface area contributed by atoms with Crippen LogP contribution >= 0.6 is 27.5 Å². The van der Waals surface area contributed by atoms with Gasteiger partial charge in [-0.05, 0) is 29.8 Å². The van der Waals surface area contributed by atoms with E-state index in [1.54, 1.807) is 18.3 Å². The molecule has 2 aromatic carbocycles. The van der Waals surface area contributed by atoms with Crippen LogP contribution in [0, 0.1) is 5.82 Å². The molecule has 112 valence electrons. The van der Waals surface area contributed by atoms with Gasteiger partial charge in [-0.15, -0.1) is 0 Å². The first-order chi connectivity index (χ1) is 10.6. The topological polar surface area (TPSA) is 17.8 Å². The molecule has 0 aliphatic rings. The summed E-state index contributed by atoms with van der Waals surface area (Å²) in [6.45, 7) is 0.689. The number of imidazole rings is 1. The Morgan fingerprint density at radius 3 is 2.64 bits per heavy atom. The van der Waals surface area contributed by atoms with E-state index in [-0.39, 0.29) is 5.82 Å². The highest BCUT2D eigenvalue weighted by molar-refractivity contribution is 9.10. The summed E-state index contributed by atoms with van der Waals surface area (Å²) in [6, 6.07) is 12.8. The van der Waals surface area contributed by atoms with Crippen LogP contribution in [0.5, 0.6) is 0 Å². The molecule has 0 bridgehead atoms. The second-order valence-electron chi connectivity index (χ2n) is 4.97. The standard InChI is InChI=1S/C17H13BrClFN2/c18-13-6-4-12(5-7-13)11-22-9-8-21-17(22)10-14-15(19)2-1-3-16(14)20/h1-9H,10-11H2. The van der Waals surface area contributed by atoms with Crippen molar-refractivity contribution in [1.29, 1.82) is 0 Å². The largest absolute Gasteiger partial charge is 0.330 e. The van der Waals surface area contributed by atoms with Gasteiger partial charge in [0, 0.05) is 40.4 Å². The Balaban J connectivity index is 1.85. The quantitative estimate of drug-likeness (QED) is 0.618. The van der Waals surface area contributed by atoms with Crippen molar-refractivity contribution < 1.29 is 4.39 Å². The van der Waals surface area contributed by atoms with Crippen molar-refractivity contribution in [2.75, 3.05) is 0 Å². The van der Waals surface area contributed by atoms with Crippen LogP contribution in [-0.2, 0) is 13.0 Å². The third kappa shape index (κ3) is 3.39. The number of benzene rings is 2. The van der Waals surface area contributed by atoms with Crippen molar-refractivity contribution in [1.82, 2.24) is 9.55 Å². The number of hydrogen-bond acceptors (Lipinski definition) is 1. The number of rotatable bonds is 4. The zero-order valence-corrected chi connectivity index (χ0v) is 14.0. The molecular formula is C17H13BrClFN2. The molecular weight excluding hydrogens is 367 g/mol. The highest BCUT2D eigenvalue weighted by atomic mass is 79.9. The molecule has 5 heteroatoms. The van der Waals surface area contributed by atoms with Crippen molar-refractivity contribution in [2.24, 2.45) is 0 Å². The Labute approximate surface area is 141 Å². The Kier molecular flexibility index (Phi) is 4.60. The van der Waals surface area contributed by atoms with Gasteiger partial charge >= 0.3 is 0 Å². The molecule has 0 amide bonds. The molecule has 0 atom stereocenters. The average Bonchev–Trinajstić information content (AvgIpc) is 2.93. The van der Waals surface area contributed by atoms with E-state index in [0.717, 1.165) is 15.9 Å². The Morgan fingerprint density at radius 2 is 1.91 bits per heavy atom. The van der Waals surface area contributed by atoms with Gasteiger partial charge < -0.3 is 4.57 Å². The van der Waals surface area contributed by atoms with Crippen LogP contribution in [0.3, 0.4) is 0 Å². The molecule has 0 radical (unpaired) electrons. The number of hydrogen-bond donors (Lipinski definition) is 0. The van der Waals surface area contributed by atoms with Crippen molar-refractivity contribution in [3.8, 4) is 0 Å².